The largest absolute Gasteiger partial charge is 0.457 e. The van der Waals surface area contributed by atoms with Gasteiger partial charge in [-0.1, -0.05) is 0 Å². The summed E-state index contributed by atoms with van der Waals surface area (Å²) >= 11 is 0. The Bertz CT molecular complexity index is 1740. The zero-order valence-electron chi connectivity index (χ0n) is 22.9. The van der Waals surface area contributed by atoms with Gasteiger partial charge in [0.1, 0.15) is 23.0 Å². The van der Waals surface area contributed by atoms with Crippen molar-refractivity contribution in [2.24, 2.45) is 0 Å². The van der Waals surface area contributed by atoms with Crippen molar-refractivity contribution in [2.45, 2.75) is 13.8 Å². The van der Waals surface area contributed by atoms with Crippen LogP contribution in [0.25, 0.3) is 45.8 Å². The molecule has 2 heterocycles. The Kier molecular flexibility index (Phi) is 7.43. The SMILES string of the molecule is CC(=O)Oc1ccc(-c2nnc(-c3ccc(Oc4ccc(-c5nnc(-c6ccc(OC(C)=O)cc6)o5)cc4)cc3)o2)cc1. The predicted molar refractivity (Wildman–Crippen MR) is 153 cm³/mol. The minimum absolute atomic E-state index is 0.343. The van der Waals surface area contributed by atoms with Gasteiger partial charge in [-0.3, -0.25) is 9.59 Å². The average Bonchev–Trinajstić information content (AvgIpc) is 3.70. The van der Waals surface area contributed by atoms with Crippen LogP contribution < -0.4 is 14.2 Å². The first kappa shape index (κ1) is 27.1. The Labute approximate surface area is 244 Å². The Balaban J connectivity index is 1.08. The fraction of sp³-hybridized carbons (Fsp3) is 0.0625. The van der Waals surface area contributed by atoms with Gasteiger partial charge in [0.05, 0.1) is 0 Å². The van der Waals surface area contributed by atoms with Crippen molar-refractivity contribution in [1.82, 2.24) is 20.4 Å². The number of aromatic nitrogens is 4. The summed E-state index contributed by atoms with van der Waals surface area (Å²) in [5.74, 6) is 2.73. The Morgan fingerprint density at radius 1 is 0.442 bits per heavy atom. The molecule has 6 aromatic rings. The monoisotopic (exact) mass is 574 g/mol. The molecule has 0 saturated heterocycles. The third-order valence-electron chi connectivity index (χ3n) is 6.01. The Hall–Kier alpha value is -6.10. The van der Waals surface area contributed by atoms with Crippen LogP contribution >= 0.6 is 0 Å². The summed E-state index contributed by atoms with van der Waals surface area (Å²) in [6.07, 6.45) is 0. The first-order chi connectivity index (χ1) is 20.9. The van der Waals surface area contributed by atoms with Crippen molar-refractivity contribution in [1.29, 1.82) is 0 Å². The lowest BCUT2D eigenvalue weighted by Gasteiger charge is -2.06. The summed E-state index contributed by atoms with van der Waals surface area (Å²) < 4.78 is 27.7. The van der Waals surface area contributed by atoms with E-state index in [-0.39, 0.29) is 0 Å². The van der Waals surface area contributed by atoms with E-state index < -0.39 is 11.9 Å². The van der Waals surface area contributed by atoms with Gasteiger partial charge in [-0.15, -0.1) is 20.4 Å². The van der Waals surface area contributed by atoms with Crippen LogP contribution in [0.4, 0.5) is 0 Å². The molecule has 0 aliphatic rings. The smallest absolute Gasteiger partial charge is 0.308 e. The van der Waals surface area contributed by atoms with Gasteiger partial charge in [0.2, 0.25) is 23.6 Å². The molecule has 0 amide bonds. The standard InChI is InChI=1S/C32H22N4O7/c1-19(37)39-25-11-3-21(4-12-25)29-33-35-31(42-29)23-7-15-27(16-8-23)41-28-17-9-24(10-18-28)32-36-34-30(43-32)22-5-13-26(14-6-22)40-20(2)38/h3-18H,1-2H3. The van der Waals surface area contributed by atoms with Gasteiger partial charge in [0.25, 0.3) is 0 Å². The average molecular weight is 575 g/mol. The molecule has 11 heteroatoms. The minimum atomic E-state index is -0.390. The predicted octanol–water partition coefficient (Wildman–Crippen LogP) is 6.76. The van der Waals surface area contributed by atoms with E-state index in [2.05, 4.69) is 20.4 Å². The second-order valence-corrected chi connectivity index (χ2v) is 9.21. The summed E-state index contributed by atoms with van der Waals surface area (Å²) in [4.78, 5) is 22.2. The van der Waals surface area contributed by atoms with Crippen molar-refractivity contribution < 1.29 is 32.6 Å². The lowest BCUT2D eigenvalue weighted by atomic mass is 10.2. The maximum absolute atomic E-state index is 11.1. The summed E-state index contributed by atoms with van der Waals surface area (Å²) in [6, 6.07) is 28.1. The van der Waals surface area contributed by atoms with Crippen molar-refractivity contribution >= 4 is 11.9 Å². The van der Waals surface area contributed by atoms with E-state index in [1.165, 1.54) is 13.8 Å². The van der Waals surface area contributed by atoms with Crippen LogP contribution in [0, 0.1) is 0 Å². The van der Waals surface area contributed by atoms with Crippen LogP contribution in [-0.2, 0) is 9.59 Å². The number of benzene rings is 4. The molecule has 0 aliphatic carbocycles. The van der Waals surface area contributed by atoms with Crippen LogP contribution in [0.5, 0.6) is 23.0 Å². The molecular weight excluding hydrogens is 552 g/mol. The molecular formula is C32H22N4O7. The summed E-state index contributed by atoms with van der Waals surface area (Å²) in [7, 11) is 0. The van der Waals surface area contributed by atoms with Crippen LogP contribution in [-0.4, -0.2) is 32.3 Å². The third-order valence-corrected chi connectivity index (χ3v) is 6.01. The van der Waals surface area contributed by atoms with Gasteiger partial charge in [0.15, 0.2) is 0 Å². The number of hydrogen-bond donors (Lipinski definition) is 0. The van der Waals surface area contributed by atoms with Gasteiger partial charge in [-0.2, -0.15) is 0 Å². The molecule has 0 radical (unpaired) electrons. The van der Waals surface area contributed by atoms with Gasteiger partial charge in [0, 0.05) is 36.1 Å². The molecule has 0 unspecified atom stereocenters. The molecule has 0 atom stereocenters. The molecule has 11 nitrogen and oxygen atoms in total. The van der Waals surface area contributed by atoms with Crippen molar-refractivity contribution in [3.8, 4) is 68.8 Å². The number of ether oxygens (including phenoxy) is 3. The molecule has 0 bridgehead atoms. The van der Waals surface area contributed by atoms with Gasteiger partial charge >= 0.3 is 11.9 Å². The zero-order valence-corrected chi connectivity index (χ0v) is 22.9. The Morgan fingerprint density at radius 3 is 0.953 bits per heavy atom. The van der Waals surface area contributed by atoms with E-state index in [0.717, 1.165) is 11.1 Å². The quantitative estimate of drug-likeness (QED) is 0.141. The van der Waals surface area contributed by atoms with E-state index in [9.17, 15) is 9.59 Å². The third kappa shape index (κ3) is 6.46. The maximum Gasteiger partial charge on any atom is 0.308 e. The molecule has 0 N–H and O–H groups in total. The molecule has 0 aliphatic heterocycles. The highest BCUT2D eigenvalue weighted by Crippen LogP contribution is 2.30. The molecule has 0 spiro atoms. The highest BCUT2D eigenvalue weighted by Gasteiger charge is 2.13. The van der Waals surface area contributed by atoms with E-state index >= 15 is 0 Å². The number of carbonyl (C=O) groups excluding carboxylic acids is 2. The molecule has 43 heavy (non-hydrogen) atoms. The van der Waals surface area contributed by atoms with Crippen molar-refractivity contribution in [3.63, 3.8) is 0 Å². The van der Waals surface area contributed by atoms with E-state index in [1.807, 2.05) is 24.3 Å². The number of hydrogen-bond acceptors (Lipinski definition) is 11. The van der Waals surface area contributed by atoms with Crippen LogP contribution in [0.1, 0.15) is 13.8 Å². The summed E-state index contributed by atoms with van der Waals surface area (Å²) in [5, 5.41) is 16.5. The molecule has 0 fully saturated rings. The van der Waals surface area contributed by atoms with E-state index in [4.69, 9.17) is 23.0 Å². The second-order valence-electron chi connectivity index (χ2n) is 9.21. The zero-order chi connectivity index (χ0) is 29.8. The van der Waals surface area contributed by atoms with E-state index in [0.29, 0.717) is 57.7 Å². The van der Waals surface area contributed by atoms with Crippen LogP contribution in [0.15, 0.2) is 106 Å². The van der Waals surface area contributed by atoms with Gasteiger partial charge in [-0.25, -0.2) is 0 Å². The van der Waals surface area contributed by atoms with Crippen LogP contribution in [0.2, 0.25) is 0 Å². The number of carbonyl (C=O) groups is 2. The van der Waals surface area contributed by atoms with Gasteiger partial charge in [-0.05, 0) is 97.1 Å². The number of esters is 2. The topological polar surface area (TPSA) is 140 Å². The molecule has 0 saturated carbocycles. The minimum Gasteiger partial charge on any atom is -0.457 e. The summed E-state index contributed by atoms with van der Waals surface area (Å²) in [6.45, 7) is 2.69. The summed E-state index contributed by atoms with van der Waals surface area (Å²) in [5.41, 5.74) is 2.85. The lowest BCUT2D eigenvalue weighted by Crippen LogP contribution is -2.00. The maximum atomic E-state index is 11.1. The normalized spacial score (nSPS) is 10.7. The number of rotatable bonds is 8. The second kappa shape index (κ2) is 11.8. The van der Waals surface area contributed by atoms with Crippen LogP contribution in [0.3, 0.4) is 0 Å². The Morgan fingerprint density at radius 2 is 0.698 bits per heavy atom. The van der Waals surface area contributed by atoms with Crippen molar-refractivity contribution in [2.75, 3.05) is 0 Å². The first-order valence-electron chi connectivity index (χ1n) is 13.0. The van der Waals surface area contributed by atoms with E-state index in [1.54, 1.807) is 72.8 Å². The molecule has 212 valence electrons. The fourth-order valence-corrected chi connectivity index (χ4v) is 4.04. The fourth-order valence-electron chi connectivity index (χ4n) is 4.04. The highest BCUT2D eigenvalue weighted by molar-refractivity contribution is 5.70. The highest BCUT2D eigenvalue weighted by atomic mass is 16.5. The lowest BCUT2D eigenvalue weighted by molar-refractivity contribution is -0.132. The van der Waals surface area contributed by atoms with Crippen molar-refractivity contribution in [3.05, 3.63) is 97.1 Å². The molecule has 4 aromatic carbocycles. The molecule has 2 aromatic heterocycles. The number of nitrogens with zero attached hydrogens (tertiary/aromatic N) is 4. The van der Waals surface area contributed by atoms with Gasteiger partial charge < -0.3 is 23.0 Å². The first-order valence-corrected chi connectivity index (χ1v) is 13.0. The molecule has 6 rings (SSSR count).